The van der Waals surface area contributed by atoms with E-state index >= 15 is 0 Å². The third-order valence-corrected chi connectivity index (χ3v) is 9.08. The van der Waals surface area contributed by atoms with Gasteiger partial charge in [0, 0.05) is 5.56 Å². The molecule has 1 aliphatic heterocycles. The molecule has 0 aliphatic carbocycles. The van der Waals surface area contributed by atoms with Crippen LogP contribution < -0.4 is 0 Å². The fraction of sp³-hybridized carbons (Fsp3) is 0.486. The molecule has 1 fully saturated rings. The van der Waals surface area contributed by atoms with Crippen LogP contribution in [0.1, 0.15) is 58.9 Å². The molecule has 4 rings (SSSR count). The summed E-state index contributed by atoms with van der Waals surface area (Å²) in [7, 11) is 1.28. The van der Waals surface area contributed by atoms with Crippen molar-refractivity contribution in [3.8, 4) is 0 Å². The number of fused-ring (bicyclic) bond motifs is 2. The molecule has 3 aromatic rings. The Bertz CT molecular complexity index is 1600. The monoisotopic (exact) mass is 663 g/mol. The molecule has 3 aromatic carbocycles. The second-order valence-corrected chi connectivity index (χ2v) is 13.0. The summed E-state index contributed by atoms with van der Waals surface area (Å²) in [5, 5.41) is 17.3. The van der Waals surface area contributed by atoms with E-state index in [0.717, 1.165) is 27.1 Å². The number of hydrogen-bond donors (Lipinski definition) is 1. The molecule has 0 saturated carbocycles. The van der Waals surface area contributed by atoms with E-state index in [1.54, 1.807) is 20.8 Å². The van der Waals surface area contributed by atoms with Crippen molar-refractivity contribution in [1.29, 1.82) is 0 Å². The summed E-state index contributed by atoms with van der Waals surface area (Å²) in [6.45, 7) is 6.61. The van der Waals surface area contributed by atoms with Crippen LogP contribution >= 0.6 is 0 Å². The number of nitrogens with zero attached hydrogens (tertiary/aromatic N) is 1. The van der Waals surface area contributed by atoms with Gasteiger partial charge in [0.2, 0.25) is 0 Å². The molecule has 1 aliphatic rings. The molecule has 0 spiro atoms. The van der Waals surface area contributed by atoms with Crippen molar-refractivity contribution >= 4 is 51.6 Å². The minimum absolute atomic E-state index is 0.0133. The zero-order valence-electron chi connectivity index (χ0n) is 28.2. The number of hydrogen-bond acceptors (Lipinski definition) is 11. The lowest BCUT2D eigenvalue weighted by molar-refractivity contribution is -0.166. The van der Waals surface area contributed by atoms with Gasteiger partial charge in [-0.1, -0.05) is 67.5 Å². The van der Waals surface area contributed by atoms with Crippen molar-refractivity contribution in [3.63, 3.8) is 0 Å². The van der Waals surface area contributed by atoms with E-state index in [9.17, 15) is 24.3 Å². The zero-order valence-corrected chi connectivity index (χ0v) is 28.2. The molecule has 1 heterocycles. The fourth-order valence-electron chi connectivity index (χ4n) is 6.19. The third kappa shape index (κ3) is 8.96. The zero-order chi connectivity index (χ0) is 34.9. The van der Waals surface area contributed by atoms with Gasteiger partial charge in [0.15, 0.2) is 0 Å². The van der Waals surface area contributed by atoms with E-state index in [0.29, 0.717) is 13.0 Å². The van der Waals surface area contributed by atoms with E-state index in [-0.39, 0.29) is 38.6 Å². The first-order valence-electron chi connectivity index (χ1n) is 16.2. The molecule has 0 aromatic heterocycles. The number of methoxy groups -OCH3 is 1. The van der Waals surface area contributed by atoms with Crippen molar-refractivity contribution in [2.75, 3.05) is 33.5 Å². The van der Waals surface area contributed by atoms with E-state index in [1.165, 1.54) is 13.3 Å². The molecule has 11 nitrogen and oxygen atoms in total. The van der Waals surface area contributed by atoms with Gasteiger partial charge in [-0.05, 0) is 67.1 Å². The Morgan fingerprint density at radius 1 is 0.979 bits per heavy atom. The standard InChI is InChI=1S/C37H45NO10/c1-6-36(3,34(42)44-5)23-37(4,35(43)47-22-28-21-46-28)19-27(33(41)45-16-15-39)17-24(2)32(40)48-38-20-31-29-13-9-7-11-25(29)18-26-12-8-10-14-30(26)31/h7-14,18,20,24,27-28,39H,6,15-17,19,21-23H2,1-5H3/b38-20+. The Morgan fingerprint density at radius 3 is 2.17 bits per heavy atom. The lowest BCUT2D eigenvalue weighted by Gasteiger charge is -2.37. The second kappa shape index (κ2) is 16.2. The van der Waals surface area contributed by atoms with Crippen LogP contribution in [0.2, 0.25) is 0 Å². The van der Waals surface area contributed by atoms with Gasteiger partial charge in [0.05, 0.1) is 49.2 Å². The van der Waals surface area contributed by atoms with Crippen LogP contribution in [0.15, 0.2) is 59.8 Å². The highest BCUT2D eigenvalue weighted by Crippen LogP contribution is 2.44. The van der Waals surface area contributed by atoms with Crippen molar-refractivity contribution in [3.05, 3.63) is 60.2 Å². The maximum absolute atomic E-state index is 13.6. The summed E-state index contributed by atoms with van der Waals surface area (Å²) >= 11 is 0. The molecule has 5 atom stereocenters. The minimum atomic E-state index is -1.35. The van der Waals surface area contributed by atoms with Crippen LogP contribution in [-0.2, 0) is 43.0 Å². The predicted octanol–water partition coefficient (Wildman–Crippen LogP) is 5.37. The minimum Gasteiger partial charge on any atom is -0.469 e. The quantitative estimate of drug-likeness (QED) is 0.0380. The van der Waals surface area contributed by atoms with Crippen molar-refractivity contribution < 1.29 is 48.1 Å². The van der Waals surface area contributed by atoms with Gasteiger partial charge in [-0.25, -0.2) is 4.79 Å². The Hall–Kier alpha value is -4.35. The van der Waals surface area contributed by atoms with Crippen LogP contribution in [-0.4, -0.2) is 74.8 Å². The van der Waals surface area contributed by atoms with Gasteiger partial charge in [-0.3, -0.25) is 14.4 Å². The van der Waals surface area contributed by atoms with Crippen LogP contribution in [0.5, 0.6) is 0 Å². The second-order valence-electron chi connectivity index (χ2n) is 13.0. The van der Waals surface area contributed by atoms with E-state index in [2.05, 4.69) is 11.2 Å². The summed E-state index contributed by atoms with van der Waals surface area (Å²) in [4.78, 5) is 58.3. The fourth-order valence-corrected chi connectivity index (χ4v) is 6.19. The Balaban J connectivity index is 1.55. The lowest BCUT2D eigenvalue weighted by Crippen LogP contribution is -2.42. The first-order chi connectivity index (χ1) is 22.9. The number of ether oxygens (including phenoxy) is 4. The lowest BCUT2D eigenvalue weighted by atomic mass is 9.67. The number of aliphatic hydroxyl groups is 1. The van der Waals surface area contributed by atoms with Crippen LogP contribution in [0, 0.1) is 22.7 Å². The molecular weight excluding hydrogens is 618 g/mol. The first kappa shape index (κ1) is 36.5. The van der Waals surface area contributed by atoms with E-state index < -0.39 is 53.1 Å². The predicted molar refractivity (Wildman–Crippen MR) is 179 cm³/mol. The van der Waals surface area contributed by atoms with Gasteiger partial charge < -0.3 is 28.9 Å². The molecule has 5 unspecified atom stereocenters. The van der Waals surface area contributed by atoms with Gasteiger partial charge in [-0.2, -0.15) is 0 Å². The number of esters is 3. The Labute approximate surface area is 280 Å². The van der Waals surface area contributed by atoms with Crippen LogP contribution in [0.4, 0.5) is 0 Å². The highest BCUT2D eigenvalue weighted by atomic mass is 16.7. The number of aliphatic hydroxyl groups excluding tert-OH is 1. The highest BCUT2D eigenvalue weighted by Gasteiger charge is 2.48. The SMILES string of the molecule is CCC(C)(CC(C)(CC(CC(C)C(=O)O/N=C/c1c2ccccc2cc2ccccc12)C(=O)OCCO)C(=O)OCC1CO1)C(=O)OC. The normalized spacial score (nSPS) is 18.0. The number of epoxide rings is 1. The maximum atomic E-state index is 13.6. The summed E-state index contributed by atoms with van der Waals surface area (Å²) in [5.41, 5.74) is -1.62. The van der Waals surface area contributed by atoms with Crippen LogP contribution in [0.25, 0.3) is 21.5 Å². The summed E-state index contributed by atoms with van der Waals surface area (Å²) in [5.74, 6) is -4.31. The Morgan fingerprint density at radius 2 is 1.60 bits per heavy atom. The number of benzene rings is 3. The molecular formula is C37H45NO10. The highest BCUT2D eigenvalue weighted by molar-refractivity contribution is 6.13. The van der Waals surface area contributed by atoms with Crippen LogP contribution in [0.3, 0.4) is 0 Å². The van der Waals surface area contributed by atoms with Gasteiger partial charge in [0.1, 0.15) is 19.3 Å². The van der Waals surface area contributed by atoms with Crippen molar-refractivity contribution in [2.45, 2.75) is 59.5 Å². The summed E-state index contributed by atoms with van der Waals surface area (Å²) in [6.07, 6.45) is 1.55. The molecule has 48 heavy (non-hydrogen) atoms. The number of rotatable bonds is 17. The van der Waals surface area contributed by atoms with Crippen molar-refractivity contribution in [1.82, 2.24) is 0 Å². The smallest absolute Gasteiger partial charge is 0.337 e. The first-order valence-corrected chi connectivity index (χ1v) is 16.2. The Kier molecular flexibility index (Phi) is 12.3. The maximum Gasteiger partial charge on any atom is 0.337 e. The number of carbonyl (C=O) groups is 4. The van der Waals surface area contributed by atoms with Gasteiger partial charge in [0.25, 0.3) is 0 Å². The molecule has 1 N–H and O–H groups in total. The molecule has 0 bridgehead atoms. The van der Waals surface area contributed by atoms with E-state index in [1.807, 2.05) is 55.5 Å². The molecule has 11 heteroatoms. The molecule has 0 amide bonds. The van der Waals surface area contributed by atoms with Gasteiger partial charge >= 0.3 is 23.9 Å². The number of oxime groups is 1. The number of carbonyl (C=O) groups excluding carboxylic acids is 4. The average molecular weight is 664 g/mol. The molecule has 0 radical (unpaired) electrons. The average Bonchev–Trinajstić information content (AvgIpc) is 3.93. The van der Waals surface area contributed by atoms with Crippen molar-refractivity contribution in [2.24, 2.45) is 27.8 Å². The largest absolute Gasteiger partial charge is 0.469 e. The summed E-state index contributed by atoms with van der Waals surface area (Å²) in [6, 6.07) is 17.8. The summed E-state index contributed by atoms with van der Waals surface area (Å²) < 4.78 is 21.1. The third-order valence-electron chi connectivity index (χ3n) is 9.08. The van der Waals surface area contributed by atoms with E-state index in [4.69, 9.17) is 23.8 Å². The van der Waals surface area contributed by atoms with Gasteiger partial charge in [-0.15, -0.1) is 0 Å². The molecule has 1 saturated heterocycles. The topological polar surface area (TPSA) is 150 Å². The molecule has 258 valence electrons.